The van der Waals surface area contributed by atoms with Crippen LogP contribution in [0.15, 0.2) is 60.7 Å². The second-order valence-electron chi connectivity index (χ2n) is 11.0. The van der Waals surface area contributed by atoms with Crippen molar-refractivity contribution in [3.05, 3.63) is 71.8 Å². The molecule has 2 aliphatic rings. The molecule has 2 aromatic carbocycles. The first-order valence-corrected chi connectivity index (χ1v) is 15.0. The van der Waals surface area contributed by atoms with Crippen molar-refractivity contribution in [1.82, 2.24) is 10.2 Å². The topological polar surface area (TPSA) is 78.9 Å². The third kappa shape index (κ3) is 11.8. The number of carboxylic acid groups (broad SMARTS) is 1. The van der Waals surface area contributed by atoms with Gasteiger partial charge in [-0.3, -0.25) is 4.79 Å². The standard InChI is InChI=1S/C21H25NO4.C12H23N/c1-2-22(21(25)26-16-18-11-7-4-8-12-18)15-19(20(23)24)14-13-17-9-5-3-6-10-17;1-3-7-11(8-4-1)13-12-9-5-2-6-10-12/h3-12,19H,2,13-16H2,1H3,(H,23,24);11-13H,1-10H2/t19-;/m1./s1. The molecule has 0 bridgehead atoms. The number of nitrogens with one attached hydrogen (secondary N) is 1. The van der Waals surface area contributed by atoms with Gasteiger partial charge in [-0.15, -0.1) is 0 Å². The minimum absolute atomic E-state index is 0.145. The molecule has 2 saturated carbocycles. The van der Waals surface area contributed by atoms with E-state index in [4.69, 9.17) is 4.74 Å². The normalized spacial score (nSPS) is 16.9. The highest BCUT2D eigenvalue weighted by Crippen LogP contribution is 2.22. The molecule has 0 unspecified atom stereocenters. The van der Waals surface area contributed by atoms with Crippen LogP contribution in [0.3, 0.4) is 0 Å². The number of aryl methyl sites for hydroxylation is 1. The molecular weight excluding hydrogens is 488 g/mol. The van der Waals surface area contributed by atoms with Gasteiger partial charge in [0.1, 0.15) is 6.61 Å². The van der Waals surface area contributed by atoms with Crippen LogP contribution in [0.1, 0.15) is 88.7 Å². The minimum atomic E-state index is -0.893. The van der Waals surface area contributed by atoms with Crippen molar-refractivity contribution in [2.75, 3.05) is 13.1 Å². The number of aliphatic carboxylic acids is 1. The Morgan fingerprint density at radius 1 is 0.846 bits per heavy atom. The summed E-state index contributed by atoms with van der Waals surface area (Å²) in [5, 5.41) is 13.4. The Labute approximate surface area is 235 Å². The quantitative estimate of drug-likeness (QED) is 0.317. The lowest BCUT2D eigenvalue weighted by molar-refractivity contribution is -0.142. The molecule has 0 aromatic heterocycles. The molecule has 4 rings (SSSR count). The third-order valence-corrected chi connectivity index (χ3v) is 7.94. The van der Waals surface area contributed by atoms with Crippen LogP contribution in [0.4, 0.5) is 4.79 Å². The summed E-state index contributed by atoms with van der Waals surface area (Å²) >= 11 is 0. The van der Waals surface area contributed by atoms with Crippen molar-refractivity contribution in [2.24, 2.45) is 5.92 Å². The van der Waals surface area contributed by atoms with Crippen LogP contribution in [-0.2, 0) is 22.6 Å². The summed E-state index contributed by atoms with van der Waals surface area (Å²) in [6.07, 6.45) is 15.2. The van der Waals surface area contributed by atoms with E-state index in [1.165, 1.54) is 69.1 Å². The van der Waals surface area contributed by atoms with Crippen molar-refractivity contribution in [3.8, 4) is 0 Å². The fourth-order valence-electron chi connectivity index (χ4n) is 5.56. The van der Waals surface area contributed by atoms with Crippen molar-refractivity contribution >= 4 is 12.1 Å². The molecule has 2 fully saturated rings. The first-order valence-electron chi connectivity index (χ1n) is 15.0. The monoisotopic (exact) mass is 536 g/mol. The molecule has 6 nitrogen and oxygen atoms in total. The number of carbonyl (C=O) groups excluding carboxylic acids is 1. The number of amides is 1. The van der Waals surface area contributed by atoms with Gasteiger partial charge in [-0.25, -0.2) is 4.79 Å². The number of carboxylic acids is 1. The highest BCUT2D eigenvalue weighted by Gasteiger charge is 2.24. The lowest BCUT2D eigenvalue weighted by atomic mass is 9.91. The Balaban J connectivity index is 0.000000268. The highest BCUT2D eigenvalue weighted by atomic mass is 16.6. The highest BCUT2D eigenvalue weighted by molar-refractivity contribution is 5.72. The Kier molecular flexibility index (Phi) is 13.9. The van der Waals surface area contributed by atoms with Gasteiger partial charge in [0, 0.05) is 25.2 Å². The molecule has 2 N–H and O–H groups in total. The van der Waals surface area contributed by atoms with Crippen LogP contribution in [0.25, 0.3) is 0 Å². The lowest BCUT2D eigenvalue weighted by Gasteiger charge is -2.30. The molecule has 1 atom stereocenters. The van der Waals surface area contributed by atoms with Gasteiger partial charge in [0.25, 0.3) is 0 Å². The lowest BCUT2D eigenvalue weighted by Crippen LogP contribution is -2.40. The summed E-state index contributed by atoms with van der Waals surface area (Å²) in [7, 11) is 0. The summed E-state index contributed by atoms with van der Waals surface area (Å²) < 4.78 is 5.32. The fourth-order valence-corrected chi connectivity index (χ4v) is 5.56. The van der Waals surface area contributed by atoms with Gasteiger partial charge in [-0.2, -0.15) is 0 Å². The summed E-state index contributed by atoms with van der Waals surface area (Å²) in [5.74, 6) is -1.52. The van der Waals surface area contributed by atoms with Crippen LogP contribution in [0.2, 0.25) is 0 Å². The SMILES string of the molecule is C1CCC(NC2CCCCC2)CC1.CCN(C[C@@H](CCc1ccccc1)C(=O)O)C(=O)OCc1ccccc1. The molecule has 2 aliphatic carbocycles. The van der Waals surface area contributed by atoms with Gasteiger partial charge in [0.2, 0.25) is 0 Å². The molecule has 6 heteroatoms. The minimum Gasteiger partial charge on any atom is -0.481 e. The molecular formula is C33H48N2O4. The van der Waals surface area contributed by atoms with Crippen LogP contribution in [-0.4, -0.2) is 47.2 Å². The van der Waals surface area contributed by atoms with E-state index < -0.39 is 18.0 Å². The van der Waals surface area contributed by atoms with E-state index in [0.29, 0.717) is 19.4 Å². The van der Waals surface area contributed by atoms with Crippen molar-refractivity contribution in [2.45, 2.75) is 103 Å². The van der Waals surface area contributed by atoms with Crippen LogP contribution in [0, 0.1) is 5.92 Å². The predicted molar refractivity (Wildman–Crippen MR) is 157 cm³/mol. The van der Waals surface area contributed by atoms with Gasteiger partial charge >= 0.3 is 12.1 Å². The van der Waals surface area contributed by atoms with Crippen molar-refractivity contribution in [3.63, 3.8) is 0 Å². The van der Waals surface area contributed by atoms with Crippen LogP contribution >= 0.6 is 0 Å². The molecule has 0 saturated heterocycles. The Morgan fingerprint density at radius 2 is 1.36 bits per heavy atom. The van der Waals surface area contributed by atoms with Crippen LogP contribution in [0.5, 0.6) is 0 Å². The first kappa shape index (κ1) is 30.7. The van der Waals surface area contributed by atoms with E-state index in [0.717, 1.165) is 23.2 Å². The average molecular weight is 537 g/mol. The van der Waals surface area contributed by atoms with Crippen molar-refractivity contribution < 1.29 is 19.4 Å². The van der Waals surface area contributed by atoms with Gasteiger partial charge in [-0.1, -0.05) is 99.2 Å². The zero-order valence-corrected chi connectivity index (χ0v) is 23.7. The maximum absolute atomic E-state index is 12.3. The summed E-state index contributed by atoms with van der Waals surface area (Å²) in [5.41, 5.74) is 1.99. The molecule has 1 amide bonds. The van der Waals surface area contributed by atoms with Gasteiger partial charge in [-0.05, 0) is 56.6 Å². The largest absolute Gasteiger partial charge is 0.481 e. The summed E-state index contributed by atoms with van der Waals surface area (Å²) in [6, 6.07) is 20.9. The Hall–Kier alpha value is -2.86. The van der Waals surface area contributed by atoms with Crippen LogP contribution < -0.4 is 5.32 Å². The number of hydrogen-bond donors (Lipinski definition) is 2. The number of benzene rings is 2. The maximum Gasteiger partial charge on any atom is 0.410 e. The Bertz CT molecular complexity index is 925. The third-order valence-electron chi connectivity index (χ3n) is 7.94. The maximum atomic E-state index is 12.3. The van der Waals surface area contributed by atoms with E-state index in [-0.39, 0.29) is 13.2 Å². The molecule has 0 spiro atoms. The molecule has 0 heterocycles. The number of carbonyl (C=O) groups is 2. The van der Waals surface area contributed by atoms with Gasteiger partial charge in [0.05, 0.1) is 5.92 Å². The molecule has 214 valence electrons. The number of nitrogens with zero attached hydrogens (tertiary/aromatic N) is 1. The second-order valence-corrected chi connectivity index (χ2v) is 11.0. The number of ether oxygens (including phenoxy) is 1. The average Bonchev–Trinajstić information content (AvgIpc) is 2.98. The molecule has 2 aromatic rings. The van der Waals surface area contributed by atoms with E-state index in [1.807, 2.05) is 67.6 Å². The summed E-state index contributed by atoms with van der Waals surface area (Å²) in [4.78, 5) is 25.3. The zero-order chi connectivity index (χ0) is 27.7. The van der Waals surface area contributed by atoms with E-state index in [1.54, 1.807) is 0 Å². The van der Waals surface area contributed by atoms with E-state index in [2.05, 4.69) is 5.32 Å². The summed E-state index contributed by atoms with van der Waals surface area (Å²) in [6.45, 7) is 2.55. The molecule has 0 radical (unpaired) electrons. The number of rotatable bonds is 11. The van der Waals surface area contributed by atoms with E-state index >= 15 is 0 Å². The van der Waals surface area contributed by atoms with Gasteiger partial charge < -0.3 is 20.1 Å². The number of hydrogen-bond acceptors (Lipinski definition) is 4. The molecule has 39 heavy (non-hydrogen) atoms. The molecule has 0 aliphatic heterocycles. The first-order chi connectivity index (χ1) is 19.0. The van der Waals surface area contributed by atoms with E-state index in [9.17, 15) is 14.7 Å². The zero-order valence-electron chi connectivity index (χ0n) is 23.7. The fraction of sp³-hybridized carbons (Fsp3) is 0.576. The Morgan fingerprint density at radius 3 is 1.85 bits per heavy atom. The van der Waals surface area contributed by atoms with Gasteiger partial charge in [0.15, 0.2) is 0 Å². The van der Waals surface area contributed by atoms with Crippen molar-refractivity contribution in [1.29, 1.82) is 0 Å². The second kappa shape index (κ2) is 17.7. The smallest absolute Gasteiger partial charge is 0.410 e. The predicted octanol–water partition coefficient (Wildman–Crippen LogP) is 7.22.